The highest BCUT2D eigenvalue weighted by Crippen LogP contribution is 2.33. The summed E-state index contributed by atoms with van der Waals surface area (Å²) in [6.45, 7) is 8.58. The number of nitrogens with zero attached hydrogens (tertiary/aromatic N) is 1. The lowest BCUT2D eigenvalue weighted by molar-refractivity contribution is -0.120. The highest BCUT2D eigenvalue weighted by molar-refractivity contribution is 5.98. The van der Waals surface area contributed by atoms with Crippen molar-refractivity contribution in [3.05, 3.63) is 41.2 Å². The summed E-state index contributed by atoms with van der Waals surface area (Å²) in [5.41, 5.74) is 3.15. The Labute approximate surface area is 158 Å². The number of aromatic nitrogens is 1. The van der Waals surface area contributed by atoms with Gasteiger partial charge in [-0.2, -0.15) is 0 Å². The van der Waals surface area contributed by atoms with Crippen molar-refractivity contribution in [3.8, 4) is 17.2 Å². The van der Waals surface area contributed by atoms with Crippen LogP contribution in [-0.4, -0.2) is 42.2 Å². The van der Waals surface area contributed by atoms with Crippen LogP contribution >= 0.6 is 0 Å². The number of hydrogen-bond acceptors (Lipinski definition) is 4. The van der Waals surface area contributed by atoms with E-state index < -0.39 is 0 Å². The molecule has 2 N–H and O–H groups in total. The summed E-state index contributed by atoms with van der Waals surface area (Å²) in [4.78, 5) is 24.3. The Morgan fingerprint density at radius 2 is 1.81 bits per heavy atom. The quantitative estimate of drug-likeness (QED) is 0.844. The summed E-state index contributed by atoms with van der Waals surface area (Å²) >= 11 is 0. The number of aryl methyl sites for hydroxylation is 1. The van der Waals surface area contributed by atoms with E-state index in [4.69, 9.17) is 9.47 Å². The maximum atomic E-state index is 12.5. The molecule has 1 aliphatic rings. The molecule has 144 valence electrons. The molecule has 27 heavy (non-hydrogen) atoms. The Bertz CT molecular complexity index is 870. The number of carbonyl (C=O) groups is 2. The summed E-state index contributed by atoms with van der Waals surface area (Å²) in [5, 5.41) is 5.43. The fourth-order valence-corrected chi connectivity index (χ4v) is 3.19. The van der Waals surface area contributed by atoms with E-state index in [-0.39, 0.29) is 24.4 Å². The number of carbonyl (C=O) groups excluding carboxylic acids is 2. The Kier molecular flexibility index (Phi) is 5.39. The molecule has 7 heteroatoms. The first kappa shape index (κ1) is 18.8. The molecule has 0 atom stereocenters. The molecule has 0 aliphatic carbocycles. The van der Waals surface area contributed by atoms with Crippen LogP contribution in [0.5, 0.6) is 11.5 Å². The average molecular weight is 371 g/mol. The summed E-state index contributed by atoms with van der Waals surface area (Å²) in [6.07, 6.45) is 0. The van der Waals surface area contributed by atoms with E-state index in [1.807, 2.05) is 56.5 Å². The zero-order valence-corrected chi connectivity index (χ0v) is 16.1. The molecule has 7 nitrogen and oxygen atoms in total. The lowest BCUT2D eigenvalue weighted by Gasteiger charge is -2.20. The van der Waals surface area contributed by atoms with Crippen molar-refractivity contribution in [2.24, 2.45) is 0 Å². The minimum absolute atomic E-state index is 0.0367. The second-order valence-corrected chi connectivity index (χ2v) is 6.85. The zero-order chi connectivity index (χ0) is 19.6. The third kappa shape index (κ3) is 4.07. The van der Waals surface area contributed by atoms with E-state index in [1.54, 1.807) is 0 Å². The van der Waals surface area contributed by atoms with Gasteiger partial charge in [0.05, 0.1) is 12.1 Å². The van der Waals surface area contributed by atoms with Crippen molar-refractivity contribution in [1.29, 1.82) is 0 Å². The minimum atomic E-state index is -0.272. The lowest BCUT2D eigenvalue weighted by Crippen LogP contribution is -2.39. The molecule has 0 bridgehead atoms. The average Bonchev–Trinajstić information content (AvgIpc) is 2.93. The van der Waals surface area contributed by atoms with Gasteiger partial charge in [0.1, 0.15) is 13.2 Å². The number of amides is 2. The monoisotopic (exact) mass is 371 g/mol. The molecule has 2 aromatic rings. The largest absolute Gasteiger partial charge is 0.486 e. The first-order chi connectivity index (χ1) is 12.9. The van der Waals surface area contributed by atoms with Crippen molar-refractivity contribution < 1.29 is 19.1 Å². The van der Waals surface area contributed by atoms with Gasteiger partial charge in [0.2, 0.25) is 5.91 Å². The standard InChI is InChI=1S/C20H25N3O4/c1-12(2)22-19(24)11-21-20(25)16-9-13(3)23(14(16)4)15-5-6-17-18(10-15)27-8-7-26-17/h5-6,9-10,12H,7-8,11H2,1-4H3,(H,21,25)(H,22,24). The molecule has 0 spiro atoms. The highest BCUT2D eigenvalue weighted by Gasteiger charge is 2.19. The third-order valence-corrected chi connectivity index (χ3v) is 4.32. The van der Waals surface area contributed by atoms with E-state index in [0.717, 1.165) is 22.8 Å². The van der Waals surface area contributed by atoms with Crippen LogP contribution in [0.15, 0.2) is 24.3 Å². The second kappa shape index (κ2) is 7.73. The smallest absolute Gasteiger partial charge is 0.253 e. The lowest BCUT2D eigenvalue weighted by atomic mass is 10.2. The predicted octanol–water partition coefficient (Wildman–Crippen LogP) is 2.12. The summed E-state index contributed by atoms with van der Waals surface area (Å²) in [7, 11) is 0. The van der Waals surface area contributed by atoms with Gasteiger partial charge in [0.15, 0.2) is 11.5 Å². The Morgan fingerprint density at radius 1 is 1.11 bits per heavy atom. The number of ether oxygens (including phenoxy) is 2. The van der Waals surface area contributed by atoms with Crippen LogP contribution in [0.4, 0.5) is 0 Å². The van der Waals surface area contributed by atoms with Crippen LogP contribution in [0.25, 0.3) is 5.69 Å². The molecule has 0 saturated carbocycles. The van der Waals surface area contributed by atoms with E-state index in [9.17, 15) is 9.59 Å². The molecule has 0 radical (unpaired) electrons. The Hall–Kier alpha value is -2.96. The SMILES string of the molecule is Cc1cc(C(=O)NCC(=O)NC(C)C)c(C)n1-c1ccc2c(c1)OCCO2. The number of rotatable bonds is 5. The van der Waals surface area contributed by atoms with Gasteiger partial charge in [0, 0.05) is 29.2 Å². The van der Waals surface area contributed by atoms with E-state index >= 15 is 0 Å². The molecule has 1 aromatic heterocycles. The Balaban J connectivity index is 1.80. The third-order valence-electron chi connectivity index (χ3n) is 4.32. The number of fused-ring (bicyclic) bond motifs is 1. The summed E-state index contributed by atoms with van der Waals surface area (Å²) in [5.74, 6) is 0.939. The first-order valence-electron chi connectivity index (χ1n) is 9.03. The van der Waals surface area contributed by atoms with Crippen molar-refractivity contribution in [3.63, 3.8) is 0 Å². The zero-order valence-electron chi connectivity index (χ0n) is 16.1. The van der Waals surface area contributed by atoms with Gasteiger partial charge in [-0.15, -0.1) is 0 Å². The highest BCUT2D eigenvalue weighted by atomic mass is 16.6. The van der Waals surface area contributed by atoms with Crippen LogP contribution in [0.2, 0.25) is 0 Å². The van der Waals surface area contributed by atoms with Crippen molar-refractivity contribution in [2.45, 2.75) is 33.7 Å². The van der Waals surface area contributed by atoms with Gasteiger partial charge in [-0.1, -0.05) is 0 Å². The fraction of sp³-hybridized carbons (Fsp3) is 0.400. The van der Waals surface area contributed by atoms with Gasteiger partial charge in [-0.3, -0.25) is 9.59 Å². The van der Waals surface area contributed by atoms with Gasteiger partial charge in [-0.05, 0) is 45.9 Å². The second-order valence-electron chi connectivity index (χ2n) is 6.85. The van der Waals surface area contributed by atoms with Gasteiger partial charge in [0.25, 0.3) is 5.91 Å². The number of nitrogens with one attached hydrogen (secondary N) is 2. The maximum Gasteiger partial charge on any atom is 0.253 e. The normalized spacial score (nSPS) is 12.8. The van der Waals surface area contributed by atoms with Crippen LogP contribution in [-0.2, 0) is 4.79 Å². The number of benzene rings is 1. The Morgan fingerprint density at radius 3 is 2.52 bits per heavy atom. The van der Waals surface area contributed by atoms with E-state index in [2.05, 4.69) is 10.6 Å². The van der Waals surface area contributed by atoms with Crippen LogP contribution < -0.4 is 20.1 Å². The minimum Gasteiger partial charge on any atom is -0.486 e. The summed E-state index contributed by atoms with van der Waals surface area (Å²) in [6, 6.07) is 7.58. The van der Waals surface area contributed by atoms with Crippen molar-refractivity contribution >= 4 is 11.8 Å². The van der Waals surface area contributed by atoms with Crippen molar-refractivity contribution in [2.75, 3.05) is 19.8 Å². The molecule has 3 rings (SSSR count). The van der Waals surface area contributed by atoms with Gasteiger partial charge < -0.3 is 24.7 Å². The first-order valence-corrected chi connectivity index (χ1v) is 9.03. The molecule has 0 fully saturated rings. The maximum absolute atomic E-state index is 12.5. The number of hydrogen-bond donors (Lipinski definition) is 2. The van der Waals surface area contributed by atoms with Crippen molar-refractivity contribution in [1.82, 2.24) is 15.2 Å². The fourth-order valence-electron chi connectivity index (χ4n) is 3.19. The van der Waals surface area contributed by atoms with Gasteiger partial charge in [-0.25, -0.2) is 0 Å². The molecule has 0 saturated heterocycles. The van der Waals surface area contributed by atoms with E-state index in [0.29, 0.717) is 24.5 Å². The predicted molar refractivity (Wildman–Crippen MR) is 102 cm³/mol. The van der Waals surface area contributed by atoms with Crippen LogP contribution in [0.1, 0.15) is 35.6 Å². The van der Waals surface area contributed by atoms with Crippen LogP contribution in [0.3, 0.4) is 0 Å². The van der Waals surface area contributed by atoms with Crippen LogP contribution in [0, 0.1) is 13.8 Å². The molecule has 0 unspecified atom stereocenters. The summed E-state index contributed by atoms with van der Waals surface area (Å²) < 4.78 is 13.2. The molecule has 2 heterocycles. The molecule has 2 amide bonds. The van der Waals surface area contributed by atoms with E-state index in [1.165, 1.54) is 0 Å². The topological polar surface area (TPSA) is 81.6 Å². The molecule has 1 aromatic carbocycles. The molecular formula is C20H25N3O4. The molecular weight excluding hydrogens is 346 g/mol. The van der Waals surface area contributed by atoms with Gasteiger partial charge >= 0.3 is 0 Å². The molecule has 1 aliphatic heterocycles.